The van der Waals surface area contributed by atoms with E-state index in [1.165, 1.54) is 17.0 Å². The van der Waals surface area contributed by atoms with Crippen LogP contribution in [-0.2, 0) is 6.42 Å². The van der Waals surface area contributed by atoms with Crippen LogP contribution in [0.1, 0.15) is 18.3 Å². The molecule has 8 heteroatoms. The minimum atomic E-state index is -0.448. The van der Waals surface area contributed by atoms with Crippen LogP contribution in [0.4, 0.5) is 5.69 Å². The highest BCUT2D eigenvalue weighted by Crippen LogP contribution is 2.15. The maximum atomic E-state index is 10.9. The molecule has 0 spiro atoms. The number of aryl methyl sites for hydroxylation is 1. The lowest BCUT2D eigenvalue weighted by Crippen LogP contribution is -1.99. The second kappa shape index (κ2) is 5.53. The summed E-state index contributed by atoms with van der Waals surface area (Å²) in [6.07, 6.45) is 2.06. The number of rotatable bonds is 4. The molecule has 1 heterocycles. The van der Waals surface area contributed by atoms with Gasteiger partial charge in [-0.1, -0.05) is 19.1 Å². The van der Waals surface area contributed by atoms with Crippen LogP contribution < -0.4 is 0 Å². The number of H-pyrrole nitrogens is 1. The Morgan fingerprint density at radius 2 is 2.32 bits per heavy atom. The van der Waals surface area contributed by atoms with E-state index < -0.39 is 4.92 Å². The summed E-state index contributed by atoms with van der Waals surface area (Å²) < 4.78 is 1.80. The molecule has 0 amide bonds. The van der Waals surface area contributed by atoms with Gasteiger partial charge in [-0.25, -0.2) is 0 Å². The molecule has 2 aromatic rings. The van der Waals surface area contributed by atoms with E-state index in [-0.39, 0.29) is 5.69 Å². The van der Waals surface area contributed by atoms with E-state index in [1.807, 2.05) is 6.92 Å². The van der Waals surface area contributed by atoms with Crippen molar-refractivity contribution in [2.75, 3.05) is 0 Å². The maximum Gasteiger partial charge on any atom is 0.278 e. The number of aromatic nitrogens is 3. The van der Waals surface area contributed by atoms with Crippen LogP contribution in [0, 0.1) is 14.9 Å². The summed E-state index contributed by atoms with van der Waals surface area (Å²) in [5.41, 5.74) is 0.414. The van der Waals surface area contributed by atoms with Crippen molar-refractivity contribution in [2.45, 2.75) is 13.3 Å². The van der Waals surface area contributed by atoms with Gasteiger partial charge in [-0.3, -0.25) is 15.2 Å². The SMILES string of the molecule is CCc1n[nH]c(=S)n1/N=C\c1ccccc1[N+](=O)[O-]. The summed E-state index contributed by atoms with van der Waals surface area (Å²) in [7, 11) is 0. The lowest BCUT2D eigenvalue weighted by molar-refractivity contribution is -0.385. The average molecular weight is 277 g/mol. The number of aromatic amines is 1. The summed E-state index contributed by atoms with van der Waals surface area (Å²) >= 11 is 5.04. The highest BCUT2D eigenvalue weighted by atomic mass is 32.1. The van der Waals surface area contributed by atoms with Crippen molar-refractivity contribution in [3.05, 3.63) is 50.5 Å². The number of benzene rings is 1. The molecule has 0 fully saturated rings. The zero-order valence-electron chi connectivity index (χ0n) is 10.1. The first kappa shape index (κ1) is 13.1. The van der Waals surface area contributed by atoms with Crippen molar-refractivity contribution >= 4 is 24.1 Å². The molecular weight excluding hydrogens is 266 g/mol. The number of hydrogen-bond acceptors (Lipinski definition) is 5. The molecule has 1 aromatic heterocycles. The Kier molecular flexibility index (Phi) is 3.81. The Bertz CT molecular complexity index is 688. The second-order valence-electron chi connectivity index (χ2n) is 3.67. The van der Waals surface area contributed by atoms with Gasteiger partial charge in [0.05, 0.1) is 16.7 Å². The fourth-order valence-electron chi connectivity index (χ4n) is 1.56. The third-order valence-corrected chi connectivity index (χ3v) is 2.74. The van der Waals surface area contributed by atoms with E-state index in [9.17, 15) is 10.1 Å². The summed E-state index contributed by atoms with van der Waals surface area (Å²) in [6.45, 7) is 1.92. The van der Waals surface area contributed by atoms with Crippen molar-refractivity contribution < 1.29 is 4.92 Å². The summed E-state index contributed by atoms with van der Waals surface area (Å²) in [6, 6.07) is 6.37. The summed E-state index contributed by atoms with van der Waals surface area (Å²) in [5, 5.41) is 21.6. The number of hydrogen-bond donors (Lipinski definition) is 1. The maximum absolute atomic E-state index is 10.9. The van der Waals surface area contributed by atoms with Crippen LogP contribution in [-0.4, -0.2) is 26.0 Å². The molecule has 19 heavy (non-hydrogen) atoms. The largest absolute Gasteiger partial charge is 0.278 e. The lowest BCUT2D eigenvalue weighted by atomic mass is 10.2. The summed E-state index contributed by atoms with van der Waals surface area (Å²) in [4.78, 5) is 10.4. The Balaban J connectivity index is 2.41. The molecule has 0 saturated carbocycles. The van der Waals surface area contributed by atoms with E-state index in [2.05, 4.69) is 15.3 Å². The first-order valence-corrected chi connectivity index (χ1v) is 5.98. The lowest BCUT2D eigenvalue weighted by Gasteiger charge is -1.98. The Morgan fingerprint density at radius 3 is 3.00 bits per heavy atom. The van der Waals surface area contributed by atoms with Crippen molar-refractivity contribution in [1.29, 1.82) is 0 Å². The highest BCUT2D eigenvalue weighted by Gasteiger charge is 2.10. The van der Waals surface area contributed by atoms with Gasteiger partial charge in [0.25, 0.3) is 5.69 Å². The molecule has 0 saturated heterocycles. The molecule has 0 atom stereocenters. The molecule has 0 aliphatic heterocycles. The Morgan fingerprint density at radius 1 is 1.58 bits per heavy atom. The van der Waals surface area contributed by atoms with Gasteiger partial charge in [0, 0.05) is 12.5 Å². The van der Waals surface area contributed by atoms with E-state index >= 15 is 0 Å². The van der Waals surface area contributed by atoms with E-state index in [4.69, 9.17) is 12.2 Å². The Hall–Kier alpha value is -2.35. The van der Waals surface area contributed by atoms with Gasteiger partial charge in [-0.2, -0.15) is 14.9 Å². The van der Waals surface area contributed by atoms with Crippen LogP contribution in [0.25, 0.3) is 0 Å². The van der Waals surface area contributed by atoms with Gasteiger partial charge in [-0.15, -0.1) is 0 Å². The molecule has 0 radical (unpaired) electrons. The zero-order valence-corrected chi connectivity index (χ0v) is 10.9. The van der Waals surface area contributed by atoms with Gasteiger partial charge in [0.2, 0.25) is 4.77 Å². The van der Waals surface area contributed by atoms with E-state index in [1.54, 1.807) is 18.2 Å². The molecular formula is C11H11N5O2S. The van der Waals surface area contributed by atoms with Gasteiger partial charge in [-0.05, 0) is 18.3 Å². The zero-order chi connectivity index (χ0) is 13.8. The predicted molar refractivity (Wildman–Crippen MR) is 72.9 cm³/mol. The molecule has 1 aromatic carbocycles. The van der Waals surface area contributed by atoms with Crippen LogP contribution in [0.3, 0.4) is 0 Å². The van der Waals surface area contributed by atoms with Crippen LogP contribution >= 0.6 is 12.2 Å². The Labute approximate surface area is 113 Å². The molecule has 0 aliphatic rings. The minimum Gasteiger partial charge on any atom is -0.258 e. The fraction of sp³-hybridized carbons (Fsp3) is 0.182. The van der Waals surface area contributed by atoms with Crippen molar-refractivity contribution in [2.24, 2.45) is 5.10 Å². The van der Waals surface area contributed by atoms with Crippen LogP contribution in [0.5, 0.6) is 0 Å². The average Bonchev–Trinajstić information content (AvgIpc) is 2.77. The second-order valence-corrected chi connectivity index (χ2v) is 4.06. The molecule has 2 rings (SSSR count). The van der Waals surface area contributed by atoms with E-state index in [0.717, 1.165) is 0 Å². The standard InChI is InChI=1S/C11H11N5O2S/c1-2-10-13-14-11(19)15(10)12-7-8-5-3-4-6-9(8)16(17)18/h3-7H,2H2,1H3,(H,14,19)/b12-7-. The van der Waals surface area contributed by atoms with E-state index in [0.29, 0.717) is 22.6 Å². The molecule has 7 nitrogen and oxygen atoms in total. The van der Waals surface area contributed by atoms with Crippen LogP contribution in [0.15, 0.2) is 29.4 Å². The van der Waals surface area contributed by atoms with Gasteiger partial charge in [0.15, 0.2) is 5.82 Å². The highest BCUT2D eigenvalue weighted by molar-refractivity contribution is 7.71. The quantitative estimate of drug-likeness (QED) is 0.402. The molecule has 98 valence electrons. The first-order valence-electron chi connectivity index (χ1n) is 5.57. The van der Waals surface area contributed by atoms with Crippen molar-refractivity contribution in [1.82, 2.24) is 14.9 Å². The van der Waals surface area contributed by atoms with Gasteiger partial charge >= 0.3 is 0 Å². The number of nitrogens with one attached hydrogen (secondary N) is 1. The summed E-state index contributed by atoms with van der Waals surface area (Å²) in [5.74, 6) is 0.667. The van der Waals surface area contributed by atoms with Gasteiger partial charge < -0.3 is 0 Å². The van der Waals surface area contributed by atoms with Crippen molar-refractivity contribution in [3.63, 3.8) is 0 Å². The fourth-order valence-corrected chi connectivity index (χ4v) is 1.75. The number of nitro benzene ring substituents is 1. The van der Waals surface area contributed by atoms with Crippen LogP contribution in [0.2, 0.25) is 0 Å². The molecule has 0 bridgehead atoms. The smallest absolute Gasteiger partial charge is 0.258 e. The number of nitrogens with zero attached hydrogens (tertiary/aromatic N) is 4. The monoisotopic (exact) mass is 277 g/mol. The number of para-hydroxylation sites is 1. The van der Waals surface area contributed by atoms with Gasteiger partial charge in [0.1, 0.15) is 0 Å². The number of nitro groups is 1. The first-order chi connectivity index (χ1) is 9.13. The van der Waals surface area contributed by atoms with Crippen molar-refractivity contribution in [3.8, 4) is 0 Å². The molecule has 0 aliphatic carbocycles. The predicted octanol–water partition coefficient (Wildman–Crippen LogP) is 2.29. The molecule has 0 unspecified atom stereocenters. The third-order valence-electron chi connectivity index (χ3n) is 2.48. The third kappa shape index (κ3) is 2.74. The topological polar surface area (TPSA) is 89.1 Å². The minimum absolute atomic E-state index is 0.000637. The normalized spacial score (nSPS) is 11.0. The molecule has 1 N–H and O–H groups in total.